The number of hydrogen-bond acceptors (Lipinski definition) is 3. The summed E-state index contributed by atoms with van der Waals surface area (Å²) in [6, 6.07) is 0.0214. The van der Waals surface area contributed by atoms with Crippen molar-refractivity contribution in [3.8, 4) is 0 Å². The average molecular weight is 238 g/mol. The maximum absolute atomic E-state index is 6.46. The summed E-state index contributed by atoms with van der Waals surface area (Å²) in [6.45, 7) is 7.72. The first kappa shape index (κ1) is 12.9. The third-order valence-electron chi connectivity index (χ3n) is 4.50. The van der Waals surface area contributed by atoms with Crippen LogP contribution < -0.4 is 5.73 Å². The molecule has 2 rings (SSSR count). The molecule has 0 aromatic carbocycles. The molecule has 2 aliphatic rings. The Morgan fingerprint density at radius 1 is 1.41 bits per heavy atom. The van der Waals surface area contributed by atoms with Gasteiger partial charge >= 0.3 is 0 Å². The van der Waals surface area contributed by atoms with Crippen molar-refractivity contribution in [3.05, 3.63) is 11.8 Å². The molecule has 17 heavy (non-hydrogen) atoms. The summed E-state index contributed by atoms with van der Waals surface area (Å²) < 4.78 is 5.66. The molecule has 0 radical (unpaired) electrons. The Kier molecular flexibility index (Phi) is 4.10. The van der Waals surface area contributed by atoms with E-state index in [1.54, 1.807) is 0 Å². The van der Waals surface area contributed by atoms with Crippen LogP contribution in [0.4, 0.5) is 0 Å². The SMILES string of the molecule is CCC(C)(C(N)C1=CCCO1)N1CCCCC1. The lowest BCUT2D eigenvalue weighted by Gasteiger charge is -2.46. The normalized spacial score (nSPS) is 27.1. The van der Waals surface area contributed by atoms with E-state index in [-0.39, 0.29) is 11.6 Å². The topological polar surface area (TPSA) is 38.5 Å². The quantitative estimate of drug-likeness (QED) is 0.816. The Hall–Kier alpha value is -0.540. The van der Waals surface area contributed by atoms with Crippen LogP contribution in [-0.4, -0.2) is 36.2 Å². The van der Waals surface area contributed by atoms with Gasteiger partial charge in [-0.2, -0.15) is 0 Å². The second-order valence-corrected chi connectivity index (χ2v) is 5.48. The highest BCUT2D eigenvalue weighted by Gasteiger charge is 2.39. The van der Waals surface area contributed by atoms with Crippen molar-refractivity contribution in [2.24, 2.45) is 5.73 Å². The van der Waals surface area contributed by atoms with E-state index in [1.165, 1.54) is 32.4 Å². The standard InChI is InChI=1S/C14H26N2O/c1-3-14(2,16-9-5-4-6-10-16)13(15)12-8-7-11-17-12/h8,13H,3-7,9-11,15H2,1-2H3. The minimum absolute atomic E-state index is 0.0214. The molecule has 1 fully saturated rings. The molecular weight excluding hydrogens is 212 g/mol. The van der Waals surface area contributed by atoms with E-state index in [4.69, 9.17) is 10.5 Å². The number of nitrogens with zero attached hydrogens (tertiary/aromatic N) is 1. The smallest absolute Gasteiger partial charge is 0.111 e. The second-order valence-electron chi connectivity index (χ2n) is 5.48. The van der Waals surface area contributed by atoms with Crippen molar-refractivity contribution < 1.29 is 4.74 Å². The lowest BCUT2D eigenvalue weighted by atomic mass is 9.85. The van der Waals surface area contributed by atoms with Gasteiger partial charge in [0.1, 0.15) is 5.76 Å². The van der Waals surface area contributed by atoms with Gasteiger partial charge in [-0.25, -0.2) is 0 Å². The van der Waals surface area contributed by atoms with Gasteiger partial charge in [-0.1, -0.05) is 13.3 Å². The molecule has 98 valence electrons. The van der Waals surface area contributed by atoms with E-state index in [1.807, 2.05) is 0 Å². The molecule has 3 heteroatoms. The summed E-state index contributed by atoms with van der Waals surface area (Å²) in [7, 11) is 0. The molecule has 2 heterocycles. The Labute approximate surface area is 105 Å². The van der Waals surface area contributed by atoms with Crippen LogP contribution in [0.25, 0.3) is 0 Å². The summed E-state index contributed by atoms with van der Waals surface area (Å²) in [4.78, 5) is 2.57. The van der Waals surface area contributed by atoms with Crippen LogP contribution in [0.2, 0.25) is 0 Å². The Morgan fingerprint density at radius 3 is 2.65 bits per heavy atom. The zero-order valence-electron chi connectivity index (χ0n) is 11.2. The summed E-state index contributed by atoms with van der Waals surface area (Å²) in [5.74, 6) is 1.01. The van der Waals surface area contributed by atoms with Crippen molar-refractivity contribution in [1.82, 2.24) is 4.90 Å². The predicted octanol–water partition coefficient (Wildman–Crippen LogP) is 2.27. The molecule has 0 bridgehead atoms. The van der Waals surface area contributed by atoms with Crippen molar-refractivity contribution >= 4 is 0 Å². The summed E-state index contributed by atoms with van der Waals surface area (Å²) in [5, 5.41) is 0. The first-order valence-corrected chi connectivity index (χ1v) is 7.02. The molecule has 0 aromatic rings. The van der Waals surface area contributed by atoms with Crippen molar-refractivity contribution in [3.63, 3.8) is 0 Å². The van der Waals surface area contributed by atoms with Gasteiger partial charge in [0.15, 0.2) is 0 Å². The minimum atomic E-state index is 0.0214. The number of rotatable bonds is 4. The Balaban J connectivity index is 2.10. The van der Waals surface area contributed by atoms with Crippen LogP contribution >= 0.6 is 0 Å². The number of likely N-dealkylation sites (tertiary alicyclic amines) is 1. The van der Waals surface area contributed by atoms with Crippen molar-refractivity contribution in [1.29, 1.82) is 0 Å². The average Bonchev–Trinajstić information content (AvgIpc) is 2.92. The fourth-order valence-corrected chi connectivity index (χ4v) is 3.01. The van der Waals surface area contributed by atoms with E-state index in [2.05, 4.69) is 24.8 Å². The predicted molar refractivity (Wildman–Crippen MR) is 70.7 cm³/mol. The third-order valence-corrected chi connectivity index (χ3v) is 4.50. The highest BCUT2D eigenvalue weighted by molar-refractivity contribution is 5.15. The third kappa shape index (κ3) is 2.50. The second kappa shape index (κ2) is 5.40. The number of nitrogens with two attached hydrogens (primary N) is 1. The first-order valence-electron chi connectivity index (χ1n) is 7.02. The molecule has 0 amide bonds. The fraction of sp³-hybridized carbons (Fsp3) is 0.857. The van der Waals surface area contributed by atoms with Crippen molar-refractivity contribution in [2.45, 2.75) is 57.5 Å². The van der Waals surface area contributed by atoms with Gasteiger partial charge in [-0.05, 0) is 45.4 Å². The van der Waals surface area contributed by atoms with Crippen LogP contribution in [0, 0.1) is 0 Å². The highest BCUT2D eigenvalue weighted by Crippen LogP contribution is 2.31. The molecule has 0 saturated carbocycles. The number of piperidine rings is 1. The molecule has 0 aromatic heterocycles. The molecule has 2 atom stereocenters. The molecule has 2 N–H and O–H groups in total. The van der Waals surface area contributed by atoms with E-state index in [9.17, 15) is 0 Å². The summed E-state index contributed by atoms with van der Waals surface area (Å²) in [6.07, 6.45) is 8.25. The fourth-order valence-electron chi connectivity index (χ4n) is 3.01. The molecule has 2 aliphatic heterocycles. The Morgan fingerprint density at radius 2 is 2.12 bits per heavy atom. The number of hydrogen-bond donors (Lipinski definition) is 1. The maximum Gasteiger partial charge on any atom is 0.111 e. The van der Waals surface area contributed by atoms with E-state index in [0.29, 0.717) is 0 Å². The lowest BCUT2D eigenvalue weighted by molar-refractivity contribution is 0.0470. The molecule has 0 aliphatic carbocycles. The number of ether oxygens (including phenoxy) is 1. The van der Waals surface area contributed by atoms with Crippen LogP contribution in [0.5, 0.6) is 0 Å². The van der Waals surface area contributed by atoms with Gasteiger partial charge in [0.05, 0.1) is 12.6 Å². The van der Waals surface area contributed by atoms with Crippen molar-refractivity contribution in [2.75, 3.05) is 19.7 Å². The molecule has 1 saturated heterocycles. The van der Waals surface area contributed by atoms with Gasteiger partial charge in [0.25, 0.3) is 0 Å². The lowest BCUT2D eigenvalue weighted by Crippen LogP contribution is -2.59. The zero-order chi connectivity index (χ0) is 12.3. The highest BCUT2D eigenvalue weighted by atomic mass is 16.5. The molecule has 2 unspecified atom stereocenters. The first-order chi connectivity index (χ1) is 8.18. The van der Waals surface area contributed by atoms with Crippen LogP contribution in [-0.2, 0) is 4.74 Å². The Bertz CT molecular complexity index is 284. The maximum atomic E-state index is 6.46. The van der Waals surface area contributed by atoms with Crippen LogP contribution in [0.1, 0.15) is 46.0 Å². The molecule has 0 spiro atoms. The van der Waals surface area contributed by atoms with Gasteiger partial charge in [0, 0.05) is 12.0 Å². The van der Waals surface area contributed by atoms with Gasteiger partial charge < -0.3 is 10.5 Å². The van der Waals surface area contributed by atoms with E-state index >= 15 is 0 Å². The summed E-state index contributed by atoms with van der Waals surface area (Å²) >= 11 is 0. The van der Waals surface area contributed by atoms with Gasteiger partial charge in [-0.15, -0.1) is 0 Å². The summed E-state index contributed by atoms with van der Waals surface area (Å²) in [5.41, 5.74) is 6.52. The van der Waals surface area contributed by atoms with Gasteiger partial charge in [0.2, 0.25) is 0 Å². The largest absolute Gasteiger partial charge is 0.496 e. The molecular formula is C14H26N2O. The minimum Gasteiger partial charge on any atom is -0.496 e. The van der Waals surface area contributed by atoms with E-state index < -0.39 is 0 Å². The van der Waals surface area contributed by atoms with Crippen LogP contribution in [0.15, 0.2) is 11.8 Å². The molecule has 3 nitrogen and oxygen atoms in total. The van der Waals surface area contributed by atoms with E-state index in [0.717, 1.165) is 25.2 Å². The monoisotopic (exact) mass is 238 g/mol. The van der Waals surface area contributed by atoms with Crippen LogP contribution in [0.3, 0.4) is 0 Å². The van der Waals surface area contributed by atoms with Gasteiger partial charge in [-0.3, -0.25) is 4.90 Å². The zero-order valence-corrected chi connectivity index (χ0v) is 11.2.